The molecule has 0 bridgehead atoms. The molecule has 0 spiro atoms. The van der Waals surface area contributed by atoms with Gasteiger partial charge in [-0.1, -0.05) is 6.07 Å². The van der Waals surface area contributed by atoms with E-state index in [0.29, 0.717) is 18.4 Å². The zero-order valence-corrected chi connectivity index (χ0v) is 17.5. The smallest absolute Gasteiger partial charge is 0.278 e. The van der Waals surface area contributed by atoms with E-state index in [2.05, 4.69) is 30.8 Å². The minimum atomic E-state index is 0.148. The SMILES string of the molecule is c1ccc(CCN2CCC(Oc3nccnc3OCCN3CCOCC3)CC2)nc1. The molecule has 8 heteroatoms. The van der Waals surface area contributed by atoms with Crippen LogP contribution < -0.4 is 9.47 Å². The van der Waals surface area contributed by atoms with Gasteiger partial charge in [-0.25, -0.2) is 9.97 Å². The number of rotatable bonds is 9. The van der Waals surface area contributed by atoms with Crippen LogP contribution in [0.4, 0.5) is 0 Å². The maximum absolute atomic E-state index is 6.17. The van der Waals surface area contributed by atoms with Crippen LogP contribution in [0.2, 0.25) is 0 Å². The molecule has 2 aromatic rings. The van der Waals surface area contributed by atoms with E-state index in [0.717, 1.165) is 77.4 Å². The molecule has 0 saturated carbocycles. The Hall–Kier alpha value is -2.29. The third kappa shape index (κ3) is 6.35. The van der Waals surface area contributed by atoms with E-state index in [-0.39, 0.29) is 6.10 Å². The number of ether oxygens (including phenoxy) is 3. The van der Waals surface area contributed by atoms with Crippen LogP contribution in [0.25, 0.3) is 0 Å². The predicted molar refractivity (Wildman–Crippen MR) is 113 cm³/mol. The fraction of sp³-hybridized carbons (Fsp3) is 0.591. The zero-order valence-electron chi connectivity index (χ0n) is 17.5. The number of hydrogen-bond acceptors (Lipinski definition) is 8. The molecule has 0 N–H and O–H groups in total. The number of nitrogens with zero attached hydrogens (tertiary/aromatic N) is 5. The minimum Gasteiger partial charge on any atom is -0.472 e. The quantitative estimate of drug-likeness (QED) is 0.615. The Bertz CT molecular complexity index is 749. The highest BCUT2D eigenvalue weighted by Gasteiger charge is 2.22. The van der Waals surface area contributed by atoms with E-state index in [1.54, 1.807) is 12.4 Å². The van der Waals surface area contributed by atoms with E-state index in [1.807, 2.05) is 18.3 Å². The molecule has 162 valence electrons. The molecule has 30 heavy (non-hydrogen) atoms. The Morgan fingerprint density at radius 3 is 2.40 bits per heavy atom. The lowest BCUT2D eigenvalue weighted by Crippen LogP contribution is -2.39. The molecule has 4 heterocycles. The molecule has 0 radical (unpaired) electrons. The monoisotopic (exact) mass is 413 g/mol. The average Bonchev–Trinajstić information content (AvgIpc) is 2.81. The van der Waals surface area contributed by atoms with Gasteiger partial charge in [-0.05, 0) is 25.0 Å². The van der Waals surface area contributed by atoms with Crippen molar-refractivity contribution in [3.63, 3.8) is 0 Å². The fourth-order valence-corrected chi connectivity index (χ4v) is 3.82. The first-order chi connectivity index (χ1) is 14.9. The van der Waals surface area contributed by atoms with E-state index >= 15 is 0 Å². The van der Waals surface area contributed by atoms with Gasteiger partial charge in [0.05, 0.1) is 13.2 Å². The molecule has 0 amide bonds. The lowest BCUT2D eigenvalue weighted by Gasteiger charge is -2.31. The number of aromatic nitrogens is 3. The molecule has 0 aromatic carbocycles. The van der Waals surface area contributed by atoms with E-state index in [4.69, 9.17) is 14.2 Å². The summed E-state index contributed by atoms with van der Waals surface area (Å²) in [4.78, 5) is 17.9. The summed E-state index contributed by atoms with van der Waals surface area (Å²) in [5.41, 5.74) is 1.15. The second kappa shape index (κ2) is 11.2. The van der Waals surface area contributed by atoms with Gasteiger partial charge >= 0.3 is 0 Å². The fourth-order valence-electron chi connectivity index (χ4n) is 3.82. The van der Waals surface area contributed by atoms with Crippen molar-refractivity contribution < 1.29 is 14.2 Å². The summed E-state index contributed by atoms with van der Waals surface area (Å²) in [6, 6.07) is 6.09. The van der Waals surface area contributed by atoms with Crippen molar-refractivity contribution in [2.45, 2.75) is 25.4 Å². The normalized spacial score (nSPS) is 18.9. The lowest BCUT2D eigenvalue weighted by atomic mass is 10.1. The van der Waals surface area contributed by atoms with E-state index in [9.17, 15) is 0 Å². The van der Waals surface area contributed by atoms with Gasteiger partial charge in [-0.15, -0.1) is 0 Å². The van der Waals surface area contributed by atoms with Crippen molar-refractivity contribution >= 4 is 0 Å². The highest BCUT2D eigenvalue weighted by molar-refractivity contribution is 5.24. The molecule has 2 aliphatic rings. The summed E-state index contributed by atoms with van der Waals surface area (Å²) in [6.07, 6.45) is 8.25. The molecule has 2 aliphatic heterocycles. The number of pyridine rings is 1. The molecular weight excluding hydrogens is 382 g/mol. The number of morpholine rings is 1. The Morgan fingerprint density at radius 1 is 0.867 bits per heavy atom. The summed E-state index contributed by atoms with van der Waals surface area (Å²) in [5.74, 6) is 0.995. The molecule has 2 saturated heterocycles. The number of piperidine rings is 1. The maximum Gasteiger partial charge on any atom is 0.278 e. The third-order valence-electron chi connectivity index (χ3n) is 5.61. The Balaban J connectivity index is 1.20. The van der Waals surface area contributed by atoms with Crippen LogP contribution in [-0.2, 0) is 11.2 Å². The highest BCUT2D eigenvalue weighted by atomic mass is 16.5. The van der Waals surface area contributed by atoms with Gasteiger partial charge in [0.1, 0.15) is 12.7 Å². The first-order valence-electron chi connectivity index (χ1n) is 10.9. The van der Waals surface area contributed by atoms with Crippen molar-refractivity contribution in [2.24, 2.45) is 0 Å². The largest absolute Gasteiger partial charge is 0.472 e. The molecule has 2 fully saturated rings. The lowest BCUT2D eigenvalue weighted by molar-refractivity contribution is 0.0313. The second-order valence-electron chi connectivity index (χ2n) is 7.70. The van der Waals surface area contributed by atoms with Crippen molar-refractivity contribution in [3.8, 4) is 11.8 Å². The topological polar surface area (TPSA) is 72.8 Å². The van der Waals surface area contributed by atoms with Gasteiger partial charge in [0.15, 0.2) is 0 Å². The van der Waals surface area contributed by atoms with Crippen molar-refractivity contribution in [2.75, 3.05) is 59.1 Å². The average molecular weight is 414 g/mol. The Labute approximate surface area is 178 Å². The highest BCUT2D eigenvalue weighted by Crippen LogP contribution is 2.24. The number of hydrogen-bond donors (Lipinski definition) is 0. The Kier molecular flexibility index (Phi) is 7.82. The zero-order chi connectivity index (χ0) is 20.4. The number of likely N-dealkylation sites (tertiary alicyclic amines) is 1. The summed E-state index contributed by atoms with van der Waals surface area (Å²) in [6.45, 7) is 7.98. The van der Waals surface area contributed by atoms with E-state index in [1.165, 1.54) is 0 Å². The van der Waals surface area contributed by atoms with E-state index < -0.39 is 0 Å². The van der Waals surface area contributed by atoms with Gasteiger partial charge in [-0.2, -0.15) is 0 Å². The van der Waals surface area contributed by atoms with Crippen molar-refractivity contribution in [1.29, 1.82) is 0 Å². The Morgan fingerprint density at radius 2 is 1.63 bits per heavy atom. The maximum atomic E-state index is 6.17. The van der Waals surface area contributed by atoms with Crippen LogP contribution in [0.5, 0.6) is 11.8 Å². The van der Waals surface area contributed by atoms with Crippen LogP contribution in [0, 0.1) is 0 Å². The van der Waals surface area contributed by atoms with Crippen molar-refractivity contribution in [1.82, 2.24) is 24.8 Å². The van der Waals surface area contributed by atoms with Crippen LogP contribution in [0.15, 0.2) is 36.8 Å². The van der Waals surface area contributed by atoms with Gasteiger partial charge in [0, 0.05) is 70.0 Å². The molecule has 0 unspecified atom stereocenters. The molecule has 8 nitrogen and oxygen atoms in total. The molecular formula is C22H31N5O3. The van der Waals surface area contributed by atoms with Gasteiger partial charge in [-0.3, -0.25) is 9.88 Å². The first kappa shape index (κ1) is 21.0. The molecule has 0 aliphatic carbocycles. The molecule has 2 aromatic heterocycles. The van der Waals surface area contributed by atoms with Crippen LogP contribution >= 0.6 is 0 Å². The first-order valence-corrected chi connectivity index (χ1v) is 10.9. The molecule has 4 rings (SSSR count). The third-order valence-corrected chi connectivity index (χ3v) is 5.61. The van der Waals surface area contributed by atoms with Crippen molar-refractivity contribution in [3.05, 3.63) is 42.5 Å². The predicted octanol–water partition coefficient (Wildman–Crippen LogP) is 1.67. The minimum absolute atomic E-state index is 0.148. The standard InChI is InChI=1S/C22H31N5O3/c1-2-7-23-19(3-1)4-10-26-11-5-20(6-12-26)30-22-21(24-8-9-25-22)29-18-15-27-13-16-28-17-14-27/h1-3,7-9,20H,4-6,10-18H2. The van der Waals surface area contributed by atoms with Gasteiger partial charge in [0.25, 0.3) is 11.8 Å². The summed E-state index contributed by atoms with van der Waals surface area (Å²) in [5, 5.41) is 0. The van der Waals surface area contributed by atoms with Crippen LogP contribution in [0.1, 0.15) is 18.5 Å². The van der Waals surface area contributed by atoms with Gasteiger partial charge in [0.2, 0.25) is 0 Å². The summed E-state index contributed by atoms with van der Waals surface area (Å²) >= 11 is 0. The molecule has 0 atom stereocenters. The summed E-state index contributed by atoms with van der Waals surface area (Å²) < 4.78 is 17.4. The summed E-state index contributed by atoms with van der Waals surface area (Å²) in [7, 11) is 0. The van der Waals surface area contributed by atoms with Crippen LogP contribution in [0.3, 0.4) is 0 Å². The van der Waals surface area contributed by atoms with Crippen LogP contribution in [-0.4, -0.2) is 89.9 Å². The van der Waals surface area contributed by atoms with Gasteiger partial charge < -0.3 is 19.1 Å². The second-order valence-corrected chi connectivity index (χ2v) is 7.70.